The van der Waals surface area contributed by atoms with Gasteiger partial charge in [-0.15, -0.1) is 0 Å². The standard InChI is InChI=1S/C22H27ClN4O3S/c1-16-15-18(26-11-2-3-12-26)6-7-19(16)25-22(28)17-8-13-27(14-9-17)31(29,30)20-5-4-10-24-21(20)23/h4-7,10,15,17H,2-3,8-9,11-14H2,1H3,(H,25,28). The second-order valence-electron chi connectivity index (χ2n) is 8.15. The fourth-order valence-electron chi connectivity index (χ4n) is 4.26. The Bertz CT molecular complexity index is 1060. The van der Waals surface area contributed by atoms with Crippen LogP contribution in [0.1, 0.15) is 31.2 Å². The Kier molecular flexibility index (Phi) is 6.50. The van der Waals surface area contributed by atoms with E-state index in [4.69, 9.17) is 11.6 Å². The van der Waals surface area contributed by atoms with Crippen molar-refractivity contribution in [1.82, 2.24) is 9.29 Å². The Morgan fingerprint density at radius 1 is 1.13 bits per heavy atom. The van der Waals surface area contributed by atoms with Gasteiger partial charge < -0.3 is 10.2 Å². The van der Waals surface area contributed by atoms with E-state index >= 15 is 0 Å². The van der Waals surface area contributed by atoms with E-state index in [0.29, 0.717) is 12.8 Å². The number of halogens is 1. The van der Waals surface area contributed by atoms with Crippen LogP contribution in [0.15, 0.2) is 41.4 Å². The minimum Gasteiger partial charge on any atom is -0.372 e. The van der Waals surface area contributed by atoms with Gasteiger partial charge in [-0.3, -0.25) is 4.79 Å². The molecule has 0 radical (unpaired) electrons. The van der Waals surface area contributed by atoms with Crippen LogP contribution in [-0.2, 0) is 14.8 Å². The smallest absolute Gasteiger partial charge is 0.246 e. The third-order valence-electron chi connectivity index (χ3n) is 6.11. The van der Waals surface area contributed by atoms with E-state index in [9.17, 15) is 13.2 Å². The van der Waals surface area contributed by atoms with Crippen molar-refractivity contribution >= 4 is 38.9 Å². The number of sulfonamides is 1. The summed E-state index contributed by atoms with van der Waals surface area (Å²) in [5.74, 6) is -0.290. The molecule has 1 aromatic heterocycles. The maximum atomic E-state index is 12.9. The summed E-state index contributed by atoms with van der Waals surface area (Å²) in [6.07, 6.45) is 4.83. The highest BCUT2D eigenvalue weighted by Gasteiger charge is 2.33. The number of nitrogens with one attached hydrogen (secondary N) is 1. The first-order chi connectivity index (χ1) is 14.9. The molecule has 166 valence electrons. The number of nitrogens with zero attached hydrogens (tertiary/aromatic N) is 3. The summed E-state index contributed by atoms with van der Waals surface area (Å²) in [4.78, 5) is 19.1. The van der Waals surface area contributed by atoms with Crippen LogP contribution >= 0.6 is 11.6 Å². The zero-order chi connectivity index (χ0) is 22.0. The van der Waals surface area contributed by atoms with Crippen molar-refractivity contribution in [3.63, 3.8) is 0 Å². The summed E-state index contributed by atoms with van der Waals surface area (Å²) in [7, 11) is -3.72. The zero-order valence-corrected chi connectivity index (χ0v) is 19.1. The Hall–Kier alpha value is -2.16. The van der Waals surface area contributed by atoms with Gasteiger partial charge in [-0.1, -0.05) is 11.6 Å². The molecule has 0 atom stereocenters. The van der Waals surface area contributed by atoms with E-state index in [1.54, 1.807) is 6.07 Å². The van der Waals surface area contributed by atoms with Crippen molar-refractivity contribution in [2.75, 3.05) is 36.4 Å². The van der Waals surface area contributed by atoms with Crippen LogP contribution in [0.2, 0.25) is 5.15 Å². The fraction of sp³-hybridized carbons (Fsp3) is 0.455. The molecule has 2 aliphatic rings. The molecule has 9 heteroatoms. The minimum atomic E-state index is -3.72. The number of hydrogen-bond donors (Lipinski definition) is 1. The van der Waals surface area contributed by atoms with Crippen molar-refractivity contribution in [2.45, 2.75) is 37.5 Å². The summed E-state index contributed by atoms with van der Waals surface area (Å²) in [6, 6.07) is 9.15. The Morgan fingerprint density at radius 2 is 1.84 bits per heavy atom. The fourth-order valence-corrected chi connectivity index (χ4v) is 6.15. The van der Waals surface area contributed by atoms with E-state index in [-0.39, 0.29) is 35.0 Å². The zero-order valence-electron chi connectivity index (χ0n) is 17.6. The van der Waals surface area contributed by atoms with Crippen molar-refractivity contribution in [2.24, 2.45) is 5.92 Å². The summed E-state index contributed by atoms with van der Waals surface area (Å²) < 4.78 is 27.1. The van der Waals surface area contributed by atoms with Crippen LogP contribution in [0.25, 0.3) is 0 Å². The number of carbonyl (C=O) groups excluding carboxylic acids is 1. The van der Waals surface area contributed by atoms with Crippen LogP contribution in [0.5, 0.6) is 0 Å². The maximum absolute atomic E-state index is 12.9. The summed E-state index contributed by atoms with van der Waals surface area (Å²) >= 11 is 5.98. The molecule has 0 saturated carbocycles. The Balaban J connectivity index is 1.37. The van der Waals surface area contributed by atoms with E-state index < -0.39 is 10.0 Å². The predicted molar refractivity (Wildman–Crippen MR) is 122 cm³/mol. The van der Waals surface area contributed by atoms with Gasteiger partial charge in [0.25, 0.3) is 0 Å². The molecule has 2 fully saturated rings. The number of benzene rings is 1. The van der Waals surface area contributed by atoms with Crippen molar-refractivity contribution in [1.29, 1.82) is 0 Å². The molecule has 3 heterocycles. The molecule has 0 aliphatic carbocycles. The van der Waals surface area contributed by atoms with Gasteiger partial charge in [-0.25, -0.2) is 13.4 Å². The number of piperidine rings is 1. The molecule has 1 N–H and O–H groups in total. The highest BCUT2D eigenvalue weighted by molar-refractivity contribution is 7.89. The third-order valence-corrected chi connectivity index (χ3v) is 8.45. The second-order valence-corrected chi connectivity index (χ2v) is 10.4. The first-order valence-electron chi connectivity index (χ1n) is 10.6. The SMILES string of the molecule is Cc1cc(N2CCCC2)ccc1NC(=O)C1CCN(S(=O)(=O)c2cccnc2Cl)CC1. The van der Waals surface area contributed by atoms with Crippen molar-refractivity contribution in [3.05, 3.63) is 47.2 Å². The third kappa shape index (κ3) is 4.71. The number of aromatic nitrogens is 1. The van der Waals surface area contributed by atoms with Gasteiger partial charge >= 0.3 is 0 Å². The molecule has 0 unspecified atom stereocenters. The molecular formula is C22H27ClN4O3S. The molecule has 2 aliphatic heterocycles. The topological polar surface area (TPSA) is 82.6 Å². The number of hydrogen-bond acceptors (Lipinski definition) is 5. The van der Waals surface area contributed by atoms with Gasteiger partial charge in [0.1, 0.15) is 10.0 Å². The molecule has 2 aromatic rings. The number of pyridine rings is 1. The van der Waals surface area contributed by atoms with Crippen molar-refractivity contribution in [3.8, 4) is 0 Å². The van der Waals surface area contributed by atoms with Crippen LogP contribution in [0, 0.1) is 12.8 Å². The maximum Gasteiger partial charge on any atom is 0.246 e. The first kappa shape index (κ1) is 22.0. The van der Waals surface area contributed by atoms with E-state index in [0.717, 1.165) is 24.3 Å². The van der Waals surface area contributed by atoms with Gasteiger partial charge in [0, 0.05) is 49.7 Å². The van der Waals surface area contributed by atoms with Gasteiger partial charge in [0.2, 0.25) is 15.9 Å². The van der Waals surface area contributed by atoms with Gasteiger partial charge in [0.05, 0.1) is 0 Å². The van der Waals surface area contributed by atoms with Crippen molar-refractivity contribution < 1.29 is 13.2 Å². The van der Waals surface area contributed by atoms with E-state index in [2.05, 4.69) is 27.3 Å². The number of anilines is 2. The molecular weight excluding hydrogens is 436 g/mol. The number of rotatable bonds is 5. The summed E-state index contributed by atoms with van der Waals surface area (Å²) in [5.41, 5.74) is 3.04. The Morgan fingerprint density at radius 3 is 2.48 bits per heavy atom. The predicted octanol–water partition coefficient (Wildman–Crippen LogP) is 3.68. The van der Waals surface area contributed by atoms with Crippen LogP contribution in [0.3, 0.4) is 0 Å². The summed E-state index contributed by atoms with van der Waals surface area (Å²) in [5, 5.41) is 3.00. The summed E-state index contributed by atoms with van der Waals surface area (Å²) in [6.45, 7) is 4.72. The minimum absolute atomic E-state index is 0.00767. The number of amides is 1. The molecule has 0 bridgehead atoms. The quantitative estimate of drug-likeness (QED) is 0.685. The molecule has 1 amide bonds. The van der Waals surface area contributed by atoms with Crippen LogP contribution in [-0.4, -0.2) is 49.8 Å². The lowest BCUT2D eigenvalue weighted by molar-refractivity contribution is -0.120. The molecule has 2 saturated heterocycles. The van der Waals surface area contributed by atoms with Crippen LogP contribution < -0.4 is 10.2 Å². The molecule has 7 nitrogen and oxygen atoms in total. The average Bonchev–Trinajstić information content (AvgIpc) is 3.30. The van der Waals surface area contributed by atoms with E-state index in [1.165, 1.54) is 35.1 Å². The molecule has 1 aromatic carbocycles. The molecule has 31 heavy (non-hydrogen) atoms. The highest BCUT2D eigenvalue weighted by Crippen LogP contribution is 2.29. The second kappa shape index (κ2) is 9.14. The van der Waals surface area contributed by atoms with Gasteiger partial charge in [-0.2, -0.15) is 4.31 Å². The first-order valence-corrected chi connectivity index (χ1v) is 12.5. The van der Waals surface area contributed by atoms with Gasteiger partial charge in [0.15, 0.2) is 0 Å². The molecule has 0 spiro atoms. The monoisotopic (exact) mass is 462 g/mol. The largest absolute Gasteiger partial charge is 0.372 e. The molecule has 4 rings (SSSR count). The normalized spacial score (nSPS) is 18.3. The number of aryl methyl sites for hydroxylation is 1. The Labute approximate surface area is 188 Å². The number of carbonyl (C=O) groups is 1. The highest BCUT2D eigenvalue weighted by atomic mass is 35.5. The lowest BCUT2D eigenvalue weighted by atomic mass is 9.97. The average molecular weight is 463 g/mol. The lowest BCUT2D eigenvalue weighted by Crippen LogP contribution is -2.41. The van der Waals surface area contributed by atoms with Crippen LogP contribution in [0.4, 0.5) is 11.4 Å². The van der Waals surface area contributed by atoms with E-state index in [1.807, 2.05) is 13.0 Å². The lowest BCUT2D eigenvalue weighted by Gasteiger charge is -2.30. The van der Waals surface area contributed by atoms with Gasteiger partial charge in [-0.05, 0) is 68.5 Å².